The molecule has 0 spiro atoms. The smallest absolute Gasteiger partial charge is 0.330 e. The van der Waals surface area contributed by atoms with E-state index in [1.54, 1.807) is 4.98 Å². The number of nitrogens with zero attached hydrogens (tertiary/aromatic N) is 1. The maximum absolute atomic E-state index is 13.5. The van der Waals surface area contributed by atoms with Crippen molar-refractivity contribution in [2.75, 3.05) is 13.2 Å². The predicted molar refractivity (Wildman–Crippen MR) is 86.9 cm³/mol. The summed E-state index contributed by atoms with van der Waals surface area (Å²) in [5, 5.41) is 58.8. The molecule has 29 heavy (non-hydrogen) atoms. The van der Waals surface area contributed by atoms with Crippen molar-refractivity contribution in [1.29, 1.82) is 0 Å². The van der Waals surface area contributed by atoms with Crippen molar-refractivity contribution in [2.45, 2.75) is 55.2 Å². The molecule has 0 aromatic carbocycles. The van der Waals surface area contributed by atoms with E-state index in [0.29, 0.717) is 10.8 Å². The van der Waals surface area contributed by atoms with E-state index in [0.717, 1.165) is 0 Å². The van der Waals surface area contributed by atoms with Crippen LogP contribution in [0.2, 0.25) is 0 Å². The van der Waals surface area contributed by atoms with Crippen LogP contribution in [-0.4, -0.2) is 102 Å². The fraction of sp³-hybridized carbons (Fsp3) is 0.733. The van der Waals surface area contributed by atoms with Crippen molar-refractivity contribution in [3.63, 3.8) is 0 Å². The van der Waals surface area contributed by atoms with Crippen molar-refractivity contribution in [2.24, 2.45) is 0 Å². The van der Waals surface area contributed by atoms with E-state index in [2.05, 4.69) is 0 Å². The van der Waals surface area contributed by atoms with Gasteiger partial charge in [0, 0.05) is 0 Å². The van der Waals surface area contributed by atoms with Crippen LogP contribution < -0.4 is 11.2 Å². The minimum absolute atomic E-state index is 0.516. The fourth-order valence-electron chi connectivity index (χ4n) is 3.14. The zero-order valence-corrected chi connectivity index (χ0v) is 14.7. The van der Waals surface area contributed by atoms with Crippen LogP contribution in [0, 0.1) is 5.82 Å². The molecule has 2 saturated heterocycles. The Labute approximate surface area is 161 Å². The highest BCUT2D eigenvalue weighted by atomic mass is 19.1. The summed E-state index contributed by atoms with van der Waals surface area (Å²) in [6.07, 6.45) is -13.3. The van der Waals surface area contributed by atoms with Crippen molar-refractivity contribution in [3.05, 3.63) is 32.9 Å². The second-order valence-electron chi connectivity index (χ2n) is 6.72. The molecule has 9 atom stereocenters. The first kappa shape index (κ1) is 21.9. The molecule has 1 aromatic rings. The van der Waals surface area contributed by atoms with Gasteiger partial charge >= 0.3 is 5.69 Å². The normalized spacial score (nSPS) is 40.3. The van der Waals surface area contributed by atoms with E-state index in [-0.39, 0.29) is 0 Å². The van der Waals surface area contributed by atoms with Gasteiger partial charge in [-0.25, -0.2) is 4.79 Å². The molecule has 0 amide bonds. The lowest BCUT2D eigenvalue weighted by Gasteiger charge is -2.39. The molecule has 0 unspecified atom stereocenters. The maximum Gasteiger partial charge on any atom is 0.330 e. The minimum atomic E-state index is -1.69. The molecule has 14 heteroatoms. The van der Waals surface area contributed by atoms with Crippen molar-refractivity contribution < 1.29 is 49.2 Å². The van der Waals surface area contributed by atoms with E-state index >= 15 is 0 Å². The summed E-state index contributed by atoms with van der Waals surface area (Å²) >= 11 is 0. The van der Waals surface area contributed by atoms with Gasteiger partial charge in [0.2, 0.25) is 5.82 Å². The number of halogens is 1. The summed E-state index contributed by atoms with van der Waals surface area (Å²) in [6, 6.07) is 0. The number of rotatable bonds is 5. The zero-order valence-electron chi connectivity index (χ0n) is 14.7. The summed E-state index contributed by atoms with van der Waals surface area (Å²) in [7, 11) is 0. The van der Waals surface area contributed by atoms with Crippen molar-refractivity contribution in [3.8, 4) is 0 Å². The zero-order chi connectivity index (χ0) is 21.5. The van der Waals surface area contributed by atoms with E-state index in [4.69, 9.17) is 19.3 Å². The Morgan fingerprint density at radius 2 is 1.66 bits per heavy atom. The van der Waals surface area contributed by atoms with Gasteiger partial charge in [-0.1, -0.05) is 0 Å². The fourth-order valence-corrected chi connectivity index (χ4v) is 3.14. The van der Waals surface area contributed by atoms with Crippen LogP contribution in [0.1, 0.15) is 6.23 Å². The summed E-state index contributed by atoms with van der Waals surface area (Å²) in [4.78, 5) is 24.6. The molecule has 0 radical (unpaired) electrons. The summed E-state index contributed by atoms with van der Waals surface area (Å²) in [5.41, 5.74) is -2.34. The standard InChI is InChI=1S/C15H21FN2O11/c16-4-1-18(15(26)17-12(4)25)13-10(23)8(21)6(28-13)3-27-14-11(24)9(22)7(20)5(2-19)29-14/h1,5-11,13-14,19-24H,2-3H2,(H,17,25,26)/t5-,6-,7-,8-,9+,10-,11-,13-,14-/m1/s1. The number of ether oxygens (including phenoxy) is 3. The average Bonchev–Trinajstić information content (AvgIpc) is 2.97. The molecular weight excluding hydrogens is 403 g/mol. The van der Waals surface area contributed by atoms with Crippen LogP contribution >= 0.6 is 0 Å². The number of aromatic amines is 1. The average molecular weight is 424 g/mol. The molecule has 3 rings (SSSR count). The van der Waals surface area contributed by atoms with Gasteiger partial charge in [0.15, 0.2) is 12.5 Å². The molecule has 2 fully saturated rings. The van der Waals surface area contributed by atoms with Crippen molar-refractivity contribution >= 4 is 0 Å². The van der Waals surface area contributed by atoms with Gasteiger partial charge in [-0.3, -0.25) is 14.3 Å². The Balaban J connectivity index is 1.69. The molecule has 13 nitrogen and oxygen atoms in total. The second-order valence-corrected chi connectivity index (χ2v) is 6.72. The Morgan fingerprint density at radius 3 is 2.31 bits per heavy atom. The van der Waals surface area contributed by atoms with Gasteiger partial charge < -0.3 is 44.8 Å². The molecule has 0 bridgehead atoms. The summed E-state index contributed by atoms with van der Waals surface area (Å²) < 4.78 is 29.7. The van der Waals surface area contributed by atoms with Gasteiger partial charge in [0.25, 0.3) is 5.56 Å². The van der Waals surface area contributed by atoms with Crippen LogP contribution in [0.3, 0.4) is 0 Å². The predicted octanol–water partition coefficient (Wildman–Crippen LogP) is -4.89. The lowest BCUT2D eigenvalue weighted by molar-refractivity contribution is -0.306. The van der Waals surface area contributed by atoms with Gasteiger partial charge in [0.05, 0.1) is 19.4 Å². The largest absolute Gasteiger partial charge is 0.394 e. The number of aromatic nitrogens is 2. The first-order chi connectivity index (χ1) is 13.6. The van der Waals surface area contributed by atoms with Crippen LogP contribution in [0.15, 0.2) is 15.8 Å². The maximum atomic E-state index is 13.5. The van der Waals surface area contributed by atoms with Crippen LogP contribution in [0.25, 0.3) is 0 Å². The Kier molecular flexibility index (Phi) is 6.47. The summed E-state index contributed by atoms with van der Waals surface area (Å²) in [6.45, 7) is -1.19. The Bertz CT molecular complexity index is 829. The van der Waals surface area contributed by atoms with E-state index in [1.807, 2.05) is 0 Å². The minimum Gasteiger partial charge on any atom is -0.394 e. The molecule has 7 N–H and O–H groups in total. The SMILES string of the molecule is O=c1[nH]c(=O)n([C@@H]2O[C@H](CO[C@@H]3O[C@H](CO)[C@@H](O)[C@H](O)[C@H]3O)[C@@H](O)[C@H]2O)cc1F. The first-order valence-corrected chi connectivity index (χ1v) is 8.60. The molecule has 2 aliphatic rings. The number of aliphatic hydroxyl groups excluding tert-OH is 6. The third kappa shape index (κ3) is 4.11. The van der Waals surface area contributed by atoms with E-state index in [9.17, 15) is 39.5 Å². The highest BCUT2D eigenvalue weighted by molar-refractivity contribution is 4.95. The molecule has 0 saturated carbocycles. The third-order valence-electron chi connectivity index (χ3n) is 4.81. The van der Waals surface area contributed by atoms with Gasteiger partial charge in [-0.15, -0.1) is 0 Å². The highest BCUT2D eigenvalue weighted by Gasteiger charge is 2.47. The number of aliphatic hydroxyl groups is 6. The molecule has 1 aromatic heterocycles. The van der Waals surface area contributed by atoms with E-state index < -0.39 is 85.5 Å². The molecule has 164 valence electrons. The van der Waals surface area contributed by atoms with Crippen LogP contribution in [0.4, 0.5) is 4.39 Å². The monoisotopic (exact) mass is 424 g/mol. The number of H-pyrrole nitrogens is 1. The number of hydrogen-bond acceptors (Lipinski definition) is 11. The highest BCUT2D eigenvalue weighted by Crippen LogP contribution is 2.30. The molecule has 2 aliphatic heterocycles. The lowest BCUT2D eigenvalue weighted by atomic mass is 9.99. The summed E-state index contributed by atoms with van der Waals surface area (Å²) in [5.74, 6) is -1.31. The van der Waals surface area contributed by atoms with Crippen molar-refractivity contribution in [1.82, 2.24) is 9.55 Å². The second kappa shape index (κ2) is 8.55. The Morgan fingerprint density at radius 1 is 1.00 bits per heavy atom. The first-order valence-electron chi connectivity index (χ1n) is 8.60. The van der Waals surface area contributed by atoms with E-state index in [1.165, 1.54) is 0 Å². The number of nitrogens with one attached hydrogen (secondary N) is 1. The Hall–Kier alpha value is -1.75. The van der Waals surface area contributed by atoms with Gasteiger partial charge in [0.1, 0.15) is 42.7 Å². The van der Waals surface area contributed by atoms with Crippen LogP contribution in [0.5, 0.6) is 0 Å². The molecule has 3 heterocycles. The lowest BCUT2D eigenvalue weighted by Crippen LogP contribution is -2.59. The third-order valence-corrected chi connectivity index (χ3v) is 4.81. The number of hydrogen-bond donors (Lipinski definition) is 7. The van der Waals surface area contributed by atoms with Crippen LogP contribution in [-0.2, 0) is 14.2 Å². The topological polar surface area (TPSA) is 204 Å². The molecule has 0 aliphatic carbocycles. The van der Waals surface area contributed by atoms with Gasteiger partial charge in [-0.05, 0) is 0 Å². The molecular formula is C15H21FN2O11. The van der Waals surface area contributed by atoms with Gasteiger partial charge in [-0.2, -0.15) is 4.39 Å². The quantitative estimate of drug-likeness (QED) is 0.239.